The summed E-state index contributed by atoms with van der Waals surface area (Å²) in [6.45, 7) is 1.93. The molecule has 2 heterocycles. The standard InChI is InChI=1S/C13H13N3O/c1-2-3-5-11-6-7-13(15-12(11)10-17)16-9-4-8-14-16/h2-10,17H,1H3/b3-2-,11-5-,12-10-. The lowest BCUT2D eigenvalue weighted by molar-refractivity contribution is 0.537. The Balaban J connectivity index is 2.57. The molecule has 0 saturated carbocycles. The van der Waals surface area contributed by atoms with E-state index < -0.39 is 0 Å². The van der Waals surface area contributed by atoms with Gasteiger partial charge in [0.15, 0.2) is 5.82 Å². The summed E-state index contributed by atoms with van der Waals surface area (Å²) in [7, 11) is 0. The van der Waals surface area contributed by atoms with Gasteiger partial charge in [-0.3, -0.25) is 0 Å². The topological polar surface area (TPSA) is 50.9 Å². The molecule has 2 rings (SSSR count). The second kappa shape index (κ2) is 5.12. The van der Waals surface area contributed by atoms with Crippen LogP contribution in [0.15, 0.2) is 42.7 Å². The van der Waals surface area contributed by atoms with Gasteiger partial charge in [0.1, 0.15) is 11.6 Å². The predicted molar refractivity (Wildman–Crippen MR) is 67.0 cm³/mol. The average molecular weight is 227 g/mol. The Kier molecular flexibility index (Phi) is 3.35. The van der Waals surface area contributed by atoms with Gasteiger partial charge in [-0.05, 0) is 25.1 Å². The van der Waals surface area contributed by atoms with Crippen molar-refractivity contribution in [1.82, 2.24) is 14.8 Å². The molecule has 0 atom stereocenters. The van der Waals surface area contributed by atoms with Crippen LogP contribution >= 0.6 is 0 Å². The first-order valence-electron chi connectivity index (χ1n) is 5.29. The fraction of sp³-hybridized carbons (Fsp3) is 0.0769. The molecule has 0 unspecified atom stereocenters. The van der Waals surface area contributed by atoms with Crippen molar-refractivity contribution in [3.8, 4) is 5.82 Å². The molecule has 0 saturated heterocycles. The summed E-state index contributed by atoms with van der Waals surface area (Å²) in [5.41, 5.74) is 0. The average Bonchev–Trinajstić information content (AvgIpc) is 2.90. The van der Waals surface area contributed by atoms with Crippen LogP contribution < -0.4 is 10.6 Å². The number of rotatable bonds is 2. The molecule has 0 spiro atoms. The normalized spacial score (nSPS) is 13.7. The lowest BCUT2D eigenvalue weighted by Gasteiger charge is -1.99. The van der Waals surface area contributed by atoms with Gasteiger partial charge in [-0.1, -0.05) is 18.2 Å². The third-order valence-electron chi connectivity index (χ3n) is 2.27. The van der Waals surface area contributed by atoms with E-state index in [0.29, 0.717) is 11.2 Å². The molecule has 17 heavy (non-hydrogen) atoms. The van der Waals surface area contributed by atoms with E-state index in [1.165, 1.54) is 0 Å². The number of hydrogen-bond acceptors (Lipinski definition) is 3. The first-order chi connectivity index (χ1) is 8.35. The predicted octanol–water partition coefficient (Wildman–Crippen LogP) is 0.920. The van der Waals surface area contributed by atoms with E-state index in [2.05, 4.69) is 10.1 Å². The van der Waals surface area contributed by atoms with Crippen LogP contribution in [0.1, 0.15) is 6.92 Å². The van der Waals surface area contributed by atoms with Crippen molar-refractivity contribution < 1.29 is 5.11 Å². The summed E-state index contributed by atoms with van der Waals surface area (Å²) in [6.07, 6.45) is 10.2. The van der Waals surface area contributed by atoms with Crippen LogP contribution in [0.4, 0.5) is 0 Å². The van der Waals surface area contributed by atoms with E-state index >= 15 is 0 Å². The van der Waals surface area contributed by atoms with Gasteiger partial charge in [-0.15, -0.1) is 0 Å². The number of nitrogens with zero attached hydrogens (tertiary/aromatic N) is 3. The van der Waals surface area contributed by atoms with Crippen molar-refractivity contribution >= 4 is 12.3 Å². The molecule has 0 aliphatic heterocycles. The van der Waals surface area contributed by atoms with Gasteiger partial charge in [0.2, 0.25) is 0 Å². The summed E-state index contributed by atoms with van der Waals surface area (Å²) in [5.74, 6) is 0.674. The Labute approximate surface area is 98.9 Å². The Bertz CT molecular complexity index is 627. The number of aliphatic hydroxyl groups is 1. The van der Waals surface area contributed by atoms with Gasteiger partial charge in [0.25, 0.3) is 0 Å². The number of aliphatic hydroxyl groups excluding tert-OH is 1. The van der Waals surface area contributed by atoms with Gasteiger partial charge in [-0.25, -0.2) is 9.67 Å². The van der Waals surface area contributed by atoms with Crippen LogP contribution in [-0.4, -0.2) is 19.9 Å². The van der Waals surface area contributed by atoms with Gasteiger partial charge in [-0.2, -0.15) is 5.10 Å². The maximum Gasteiger partial charge on any atom is 0.154 e. The lowest BCUT2D eigenvalue weighted by Crippen LogP contribution is -2.29. The van der Waals surface area contributed by atoms with Crippen LogP contribution in [0.5, 0.6) is 0 Å². The minimum absolute atomic E-state index is 0.524. The largest absolute Gasteiger partial charge is 0.513 e. The Morgan fingerprint density at radius 3 is 2.88 bits per heavy atom. The summed E-state index contributed by atoms with van der Waals surface area (Å²) < 4.78 is 1.65. The molecule has 0 aliphatic carbocycles. The van der Waals surface area contributed by atoms with E-state index in [-0.39, 0.29) is 0 Å². The highest BCUT2D eigenvalue weighted by Crippen LogP contribution is 1.96. The number of hydrogen-bond donors (Lipinski definition) is 1. The third-order valence-corrected chi connectivity index (χ3v) is 2.27. The van der Waals surface area contributed by atoms with E-state index in [4.69, 9.17) is 0 Å². The highest BCUT2D eigenvalue weighted by Gasteiger charge is 1.97. The number of pyridine rings is 1. The second-order valence-corrected chi connectivity index (χ2v) is 3.42. The van der Waals surface area contributed by atoms with E-state index in [1.54, 1.807) is 17.1 Å². The quantitative estimate of drug-likeness (QED) is 0.830. The molecule has 1 N–H and O–H groups in total. The molecule has 4 nitrogen and oxygen atoms in total. The van der Waals surface area contributed by atoms with Gasteiger partial charge < -0.3 is 5.11 Å². The minimum Gasteiger partial charge on any atom is -0.513 e. The number of allylic oxidation sites excluding steroid dienone is 2. The zero-order chi connectivity index (χ0) is 12.1. The Morgan fingerprint density at radius 1 is 1.35 bits per heavy atom. The molecule has 0 bridgehead atoms. The highest BCUT2D eigenvalue weighted by molar-refractivity contribution is 5.38. The molecule has 86 valence electrons. The first kappa shape index (κ1) is 11.1. The van der Waals surface area contributed by atoms with Crippen LogP contribution in [0.25, 0.3) is 18.2 Å². The van der Waals surface area contributed by atoms with Crippen LogP contribution in [0.2, 0.25) is 0 Å². The number of aromatic nitrogens is 3. The molecule has 0 fully saturated rings. The zero-order valence-corrected chi connectivity index (χ0v) is 9.49. The summed E-state index contributed by atoms with van der Waals surface area (Å²) in [4.78, 5) is 4.32. The maximum atomic E-state index is 9.18. The molecule has 4 heteroatoms. The van der Waals surface area contributed by atoms with Crippen molar-refractivity contribution in [3.05, 3.63) is 53.3 Å². The van der Waals surface area contributed by atoms with Crippen LogP contribution in [0.3, 0.4) is 0 Å². The molecule has 0 aliphatic rings. The summed E-state index contributed by atoms with van der Waals surface area (Å²) >= 11 is 0. The third kappa shape index (κ3) is 2.42. The van der Waals surface area contributed by atoms with Gasteiger partial charge in [0, 0.05) is 17.6 Å². The van der Waals surface area contributed by atoms with Crippen molar-refractivity contribution in [3.63, 3.8) is 0 Å². The molecular formula is C13H13N3O. The first-order valence-corrected chi connectivity index (χ1v) is 5.29. The molecule has 2 aromatic rings. The van der Waals surface area contributed by atoms with Crippen LogP contribution in [0, 0.1) is 0 Å². The highest BCUT2D eigenvalue weighted by atomic mass is 16.2. The fourth-order valence-electron chi connectivity index (χ4n) is 1.45. The molecule has 0 amide bonds. The van der Waals surface area contributed by atoms with E-state index in [9.17, 15) is 5.11 Å². The summed E-state index contributed by atoms with van der Waals surface area (Å²) in [6, 6.07) is 5.57. The SMILES string of the molecule is C\C=C/C=c1/ccc(-n2cccn2)n/c1=C\O. The minimum atomic E-state index is 0.524. The van der Waals surface area contributed by atoms with Crippen molar-refractivity contribution in [1.29, 1.82) is 0 Å². The second-order valence-electron chi connectivity index (χ2n) is 3.42. The molecular weight excluding hydrogens is 214 g/mol. The lowest BCUT2D eigenvalue weighted by atomic mass is 10.3. The van der Waals surface area contributed by atoms with Crippen molar-refractivity contribution in [2.24, 2.45) is 0 Å². The van der Waals surface area contributed by atoms with Crippen molar-refractivity contribution in [2.45, 2.75) is 6.92 Å². The molecule has 0 radical (unpaired) electrons. The zero-order valence-electron chi connectivity index (χ0n) is 9.49. The van der Waals surface area contributed by atoms with E-state index in [1.807, 2.05) is 43.4 Å². The maximum absolute atomic E-state index is 9.18. The smallest absolute Gasteiger partial charge is 0.154 e. The Morgan fingerprint density at radius 2 is 2.24 bits per heavy atom. The molecule has 0 aromatic carbocycles. The van der Waals surface area contributed by atoms with E-state index in [0.717, 1.165) is 11.5 Å². The van der Waals surface area contributed by atoms with Crippen molar-refractivity contribution in [2.75, 3.05) is 0 Å². The Hall–Kier alpha value is -2.36. The van der Waals surface area contributed by atoms with Crippen LogP contribution in [-0.2, 0) is 0 Å². The monoisotopic (exact) mass is 227 g/mol. The fourth-order valence-corrected chi connectivity index (χ4v) is 1.45. The summed E-state index contributed by atoms with van der Waals surface area (Å²) in [5, 5.41) is 14.7. The van der Waals surface area contributed by atoms with Gasteiger partial charge in [0.05, 0.1) is 0 Å². The van der Waals surface area contributed by atoms with Gasteiger partial charge >= 0.3 is 0 Å². The molecule has 2 aromatic heterocycles.